The van der Waals surface area contributed by atoms with Gasteiger partial charge in [-0.3, -0.25) is 9.59 Å². The second-order valence-electron chi connectivity index (χ2n) is 9.10. The van der Waals surface area contributed by atoms with Gasteiger partial charge in [0, 0.05) is 36.7 Å². The van der Waals surface area contributed by atoms with E-state index in [0.29, 0.717) is 29.2 Å². The zero-order chi connectivity index (χ0) is 30.8. The fourth-order valence-corrected chi connectivity index (χ4v) is 5.49. The Morgan fingerprint density at radius 3 is 2.58 bits per heavy atom. The lowest BCUT2D eigenvalue weighted by Gasteiger charge is -2.19. The maximum atomic E-state index is 12.8. The number of nitrogen functional groups attached to an aromatic ring is 2. The Hall–Kier alpha value is -4.70. The molecule has 43 heavy (non-hydrogen) atoms. The van der Waals surface area contributed by atoms with Gasteiger partial charge in [0.15, 0.2) is 17.0 Å². The van der Waals surface area contributed by atoms with Crippen molar-refractivity contribution in [1.82, 2.24) is 30.2 Å². The molecule has 3 aromatic heterocycles. The van der Waals surface area contributed by atoms with Gasteiger partial charge in [-0.1, -0.05) is 16.9 Å². The summed E-state index contributed by atoms with van der Waals surface area (Å²) in [6.07, 6.45) is 3.01. The molecule has 0 fully saturated rings. The molecule has 224 valence electrons. The van der Waals surface area contributed by atoms with Crippen molar-refractivity contribution in [3.8, 4) is 0 Å². The van der Waals surface area contributed by atoms with Crippen molar-refractivity contribution in [2.24, 2.45) is 0 Å². The second-order valence-corrected chi connectivity index (χ2v) is 11.5. The van der Waals surface area contributed by atoms with E-state index in [4.69, 9.17) is 16.2 Å². The van der Waals surface area contributed by atoms with E-state index >= 15 is 0 Å². The van der Waals surface area contributed by atoms with Crippen molar-refractivity contribution in [2.75, 3.05) is 35.8 Å². The number of nitrogens with one attached hydrogen (secondary N) is 1. The van der Waals surface area contributed by atoms with E-state index in [1.54, 1.807) is 36.7 Å². The zero-order valence-corrected chi connectivity index (χ0v) is 24.7. The molecule has 1 unspecified atom stereocenters. The first-order valence-electron chi connectivity index (χ1n) is 12.9. The number of esters is 1. The molecule has 6 N–H and O–H groups in total. The lowest BCUT2D eigenvalue weighted by molar-refractivity contribution is -0.144. The fourth-order valence-electron chi connectivity index (χ4n) is 3.78. The first-order chi connectivity index (χ1) is 20.7. The number of ether oxygens (including phenoxy) is 1. The minimum absolute atomic E-state index is 0.0167. The summed E-state index contributed by atoms with van der Waals surface area (Å²) < 4.78 is 5.18. The highest BCUT2D eigenvalue weighted by atomic mass is 33.1. The first kappa shape index (κ1) is 31.2. The van der Waals surface area contributed by atoms with Crippen molar-refractivity contribution in [3.63, 3.8) is 0 Å². The lowest BCUT2D eigenvalue weighted by Crippen LogP contribution is -2.41. The number of nitrogens with zero attached hydrogens (tertiary/aromatic N) is 6. The van der Waals surface area contributed by atoms with Crippen LogP contribution in [0.15, 0.2) is 59.9 Å². The smallest absolute Gasteiger partial charge is 0.326 e. The summed E-state index contributed by atoms with van der Waals surface area (Å²) in [6, 6.07) is 10.9. The van der Waals surface area contributed by atoms with Crippen LogP contribution in [0, 0.1) is 0 Å². The van der Waals surface area contributed by atoms with Crippen molar-refractivity contribution in [1.29, 1.82) is 0 Å². The topological polar surface area (TPSA) is 212 Å². The van der Waals surface area contributed by atoms with Crippen LogP contribution in [-0.2, 0) is 20.9 Å². The van der Waals surface area contributed by atoms with Crippen LogP contribution in [0.4, 0.5) is 17.5 Å². The SMILES string of the molecule is CN(Cc1cnc2nc(N)nc(N)c2n1)c1ccc(C(=O)NC(CCC(=O)OCCSSc2ccccn2)C(=O)O)cc1. The number of hydrogen-bond donors (Lipinski definition) is 4. The van der Waals surface area contributed by atoms with Gasteiger partial charge in [0.25, 0.3) is 5.91 Å². The molecule has 0 aliphatic rings. The zero-order valence-electron chi connectivity index (χ0n) is 23.0. The molecule has 1 atom stereocenters. The summed E-state index contributed by atoms with van der Waals surface area (Å²) in [4.78, 5) is 59.3. The molecule has 4 aromatic rings. The van der Waals surface area contributed by atoms with Gasteiger partial charge in [0.2, 0.25) is 5.95 Å². The monoisotopic (exact) mass is 623 g/mol. The number of aliphatic carboxylic acids is 1. The molecular formula is C27H29N9O5S2. The Labute approximate surface area is 254 Å². The van der Waals surface area contributed by atoms with Gasteiger partial charge in [-0.05, 0) is 53.6 Å². The fraction of sp³-hybridized carbons (Fsp3) is 0.259. The van der Waals surface area contributed by atoms with Crippen molar-refractivity contribution in [3.05, 3.63) is 66.1 Å². The van der Waals surface area contributed by atoms with Crippen LogP contribution >= 0.6 is 21.6 Å². The number of fused-ring (bicyclic) bond motifs is 1. The van der Waals surface area contributed by atoms with E-state index in [0.717, 1.165) is 10.7 Å². The highest BCUT2D eigenvalue weighted by molar-refractivity contribution is 8.76. The number of nitrogens with two attached hydrogens (primary N) is 2. The number of aromatic nitrogens is 5. The van der Waals surface area contributed by atoms with E-state index in [-0.39, 0.29) is 36.8 Å². The average Bonchev–Trinajstić information content (AvgIpc) is 2.99. The third-order valence-electron chi connectivity index (χ3n) is 5.92. The molecule has 0 aliphatic heterocycles. The Kier molecular flexibility index (Phi) is 10.9. The van der Waals surface area contributed by atoms with Crippen LogP contribution in [0.1, 0.15) is 28.9 Å². The molecular weight excluding hydrogens is 594 g/mol. The third-order valence-corrected chi connectivity index (χ3v) is 8.15. The summed E-state index contributed by atoms with van der Waals surface area (Å²) >= 11 is 0. The maximum absolute atomic E-state index is 12.8. The normalized spacial score (nSPS) is 11.6. The second kappa shape index (κ2) is 15.0. The molecule has 3 heterocycles. The van der Waals surface area contributed by atoms with E-state index in [1.807, 2.05) is 30.1 Å². The minimum Gasteiger partial charge on any atom is -0.480 e. The van der Waals surface area contributed by atoms with Crippen molar-refractivity contribution in [2.45, 2.75) is 30.5 Å². The van der Waals surface area contributed by atoms with E-state index in [9.17, 15) is 19.5 Å². The highest BCUT2D eigenvalue weighted by Crippen LogP contribution is 2.28. The third kappa shape index (κ3) is 9.14. The number of amides is 1. The molecule has 0 bridgehead atoms. The number of pyridine rings is 1. The largest absolute Gasteiger partial charge is 0.480 e. The number of anilines is 3. The van der Waals surface area contributed by atoms with Crippen LogP contribution in [0.5, 0.6) is 0 Å². The van der Waals surface area contributed by atoms with Gasteiger partial charge in [-0.2, -0.15) is 9.97 Å². The Morgan fingerprint density at radius 2 is 1.86 bits per heavy atom. The van der Waals surface area contributed by atoms with Crippen LogP contribution in [-0.4, -0.2) is 73.3 Å². The predicted molar refractivity (Wildman–Crippen MR) is 164 cm³/mol. The van der Waals surface area contributed by atoms with E-state index < -0.39 is 23.9 Å². The van der Waals surface area contributed by atoms with Crippen LogP contribution in [0.2, 0.25) is 0 Å². The Bertz CT molecular complexity index is 1580. The molecule has 16 heteroatoms. The quantitative estimate of drug-likeness (QED) is 0.0902. The Balaban J connectivity index is 1.23. The van der Waals surface area contributed by atoms with Crippen molar-refractivity contribution < 1.29 is 24.2 Å². The molecule has 4 rings (SSSR count). The van der Waals surface area contributed by atoms with Crippen LogP contribution in [0.25, 0.3) is 11.2 Å². The minimum atomic E-state index is -1.25. The molecule has 1 amide bonds. The number of carbonyl (C=O) groups is 3. The van der Waals surface area contributed by atoms with Crippen molar-refractivity contribution >= 4 is 68.1 Å². The van der Waals surface area contributed by atoms with Gasteiger partial charge in [-0.15, -0.1) is 0 Å². The number of benzene rings is 1. The molecule has 14 nitrogen and oxygen atoms in total. The maximum Gasteiger partial charge on any atom is 0.326 e. The van der Waals surface area contributed by atoms with Crippen LogP contribution < -0.4 is 21.7 Å². The van der Waals surface area contributed by atoms with Gasteiger partial charge >= 0.3 is 11.9 Å². The highest BCUT2D eigenvalue weighted by Gasteiger charge is 2.22. The molecule has 0 saturated carbocycles. The number of carbonyl (C=O) groups excluding carboxylic acids is 2. The van der Waals surface area contributed by atoms with E-state index in [1.165, 1.54) is 21.6 Å². The van der Waals surface area contributed by atoms with Gasteiger partial charge in [0.1, 0.15) is 17.7 Å². The number of hydrogen-bond acceptors (Lipinski definition) is 14. The van der Waals surface area contributed by atoms with Crippen LogP contribution in [0.3, 0.4) is 0 Å². The summed E-state index contributed by atoms with van der Waals surface area (Å²) in [5.41, 5.74) is 13.8. The molecule has 0 saturated heterocycles. The number of rotatable bonds is 14. The molecule has 0 aliphatic carbocycles. The van der Waals surface area contributed by atoms with Gasteiger partial charge in [0.05, 0.1) is 18.4 Å². The van der Waals surface area contributed by atoms with E-state index in [2.05, 4.69) is 30.2 Å². The van der Waals surface area contributed by atoms with Gasteiger partial charge < -0.3 is 31.5 Å². The lowest BCUT2D eigenvalue weighted by atomic mass is 10.1. The molecule has 0 radical (unpaired) electrons. The summed E-state index contributed by atoms with van der Waals surface area (Å²) in [5.74, 6) is -1.66. The first-order valence-corrected chi connectivity index (χ1v) is 15.3. The molecule has 0 spiro atoms. The predicted octanol–water partition coefficient (Wildman–Crippen LogP) is 2.56. The number of carboxylic acid groups (broad SMARTS) is 1. The summed E-state index contributed by atoms with van der Waals surface area (Å²) in [5, 5.41) is 12.9. The number of carboxylic acids is 1. The summed E-state index contributed by atoms with van der Waals surface area (Å²) in [6.45, 7) is 0.552. The Morgan fingerprint density at radius 1 is 1.07 bits per heavy atom. The summed E-state index contributed by atoms with van der Waals surface area (Å²) in [7, 11) is 4.80. The average molecular weight is 624 g/mol. The molecule has 1 aromatic carbocycles. The standard InChI is InChI=1S/C27H29N9O5S2/c1-36(15-17-14-31-24-22(32-17)23(28)34-27(29)35-24)18-7-5-16(6-8-18)25(38)33-19(26(39)40)9-10-21(37)41-12-13-42-43-20-4-2-3-11-30-20/h2-8,11,14,19H,9-10,12-13,15H2,1H3,(H,33,38)(H,39,40)(H4,28,29,31,34,35). The van der Waals surface area contributed by atoms with Gasteiger partial charge in [-0.25, -0.2) is 19.7 Å².